The fourth-order valence-electron chi connectivity index (χ4n) is 6.96. The van der Waals surface area contributed by atoms with Crippen LogP contribution in [0.5, 0.6) is 11.5 Å². The van der Waals surface area contributed by atoms with Gasteiger partial charge in [-0.15, -0.1) is 0 Å². The van der Waals surface area contributed by atoms with Crippen LogP contribution in [-0.2, 0) is 22.7 Å². The van der Waals surface area contributed by atoms with Gasteiger partial charge in [-0.25, -0.2) is 0 Å². The van der Waals surface area contributed by atoms with Crippen molar-refractivity contribution in [2.45, 2.75) is 83.8 Å². The van der Waals surface area contributed by atoms with E-state index in [9.17, 15) is 20.3 Å². The van der Waals surface area contributed by atoms with Crippen molar-refractivity contribution in [1.29, 1.82) is 5.26 Å². The zero-order valence-electron chi connectivity index (χ0n) is 30.9. The largest absolute Gasteiger partial charge is 0.488 e. The number of nitrogens with zero attached hydrogens (tertiary/aromatic N) is 3. The fourth-order valence-corrected chi connectivity index (χ4v) is 7.20. The van der Waals surface area contributed by atoms with E-state index in [1.165, 1.54) is 6.20 Å². The van der Waals surface area contributed by atoms with Crippen LogP contribution in [0.3, 0.4) is 0 Å². The predicted octanol–water partition coefficient (Wildman–Crippen LogP) is 7.19. The highest BCUT2D eigenvalue weighted by molar-refractivity contribution is 6.32. The van der Waals surface area contributed by atoms with Gasteiger partial charge in [-0.2, -0.15) is 5.26 Å². The Morgan fingerprint density at radius 3 is 2.68 bits per heavy atom. The van der Waals surface area contributed by atoms with Gasteiger partial charge in [0.1, 0.15) is 42.4 Å². The number of nitriles is 1. The molecular weight excluding hydrogens is 692 g/mol. The maximum absolute atomic E-state index is 12.0. The topological polar surface area (TPSA) is 137 Å². The second kappa shape index (κ2) is 18.7. The fraction of sp³-hybridized carbons (Fsp3) is 0.452. The maximum Gasteiger partial charge on any atom is 0.320 e. The Kier molecular flexibility index (Phi) is 14.1. The average molecular weight is 743 g/mol. The molecule has 0 radical (unpaired) electrons. The first kappa shape index (κ1) is 40.0. The highest BCUT2D eigenvalue weighted by Gasteiger charge is 2.49. The molecule has 2 heterocycles. The molecule has 1 aliphatic carbocycles. The van der Waals surface area contributed by atoms with E-state index < -0.39 is 23.0 Å². The summed E-state index contributed by atoms with van der Waals surface area (Å²) in [6, 6.07) is 16.8. The summed E-state index contributed by atoms with van der Waals surface area (Å²) in [4.78, 5) is 18.4. The van der Waals surface area contributed by atoms with Gasteiger partial charge < -0.3 is 34.6 Å². The standard InChI is InChI=1S/C42H51ClN4O6/c1-4-5-14-37(40(49)50)46-26-33-21-36(43)39(22-38(33)51-28-31-20-30(23-44)24-45-25-31)52-29-42(53-19-10-17-47-18-15-34(48)27-47)16-9-13-35(41(42,2)3)32-11-7-6-8-12-32/h6-9,11-13,16,20-22,24-25,34,37,46,48H,4-5,10,14-15,17-19,26-29H2,1-3H3,(H,49,50)/t34-,37?,42?/m1/s1. The van der Waals surface area contributed by atoms with Gasteiger partial charge in [0, 0.05) is 67.8 Å². The number of β-amino-alcohol motifs (C(OH)–C–C–N with tert-alkyl or cyclic N) is 1. The molecule has 11 heteroatoms. The maximum atomic E-state index is 12.0. The van der Waals surface area contributed by atoms with Crippen molar-refractivity contribution in [3.05, 3.63) is 106 Å². The highest BCUT2D eigenvalue weighted by Crippen LogP contribution is 2.49. The number of hydrogen-bond donors (Lipinski definition) is 3. The second-order valence-electron chi connectivity index (χ2n) is 14.3. The van der Waals surface area contributed by atoms with Gasteiger partial charge in [0.2, 0.25) is 0 Å². The summed E-state index contributed by atoms with van der Waals surface area (Å²) in [5.41, 5.74) is 2.61. The smallest absolute Gasteiger partial charge is 0.320 e. The number of aliphatic hydroxyl groups is 1. The molecule has 5 rings (SSSR count). The molecule has 2 aliphatic rings. The Morgan fingerprint density at radius 2 is 1.96 bits per heavy atom. The van der Waals surface area contributed by atoms with Gasteiger partial charge in [0.15, 0.2) is 0 Å². The van der Waals surface area contributed by atoms with E-state index in [1.54, 1.807) is 24.4 Å². The summed E-state index contributed by atoms with van der Waals surface area (Å²) in [7, 11) is 0. The Morgan fingerprint density at radius 1 is 1.15 bits per heavy atom. The molecule has 282 valence electrons. The number of carboxylic acid groups (broad SMARTS) is 1. The molecule has 0 amide bonds. The Bertz CT molecular complexity index is 1790. The predicted molar refractivity (Wildman–Crippen MR) is 206 cm³/mol. The summed E-state index contributed by atoms with van der Waals surface area (Å²) in [5, 5.41) is 32.7. The quantitative estimate of drug-likeness (QED) is 0.108. The third-order valence-corrected chi connectivity index (χ3v) is 10.5. The summed E-state index contributed by atoms with van der Waals surface area (Å²) >= 11 is 6.92. The molecule has 1 saturated heterocycles. The molecule has 0 spiro atoms. The number of carbonyl (C=O) groups is 1. The number of rotatable bonds is 19. The Hall–Kier alpha value is -4.24. The summed E-state index contributed by atoms with van der Waals surface area (Å²) in [6.45, 7) is 9.71. The highest BCUT2D eigenvalue weighted by atomic mass is 35.5. The molecule has 1 aromatic heterocycles. The van der Waals surface area contributed by atoms with Crippen LogP contribution in [0.2, 0.25) is 5.02 Å². The van der Waals surface area contributed by atoms with Gasteiger partial charge in [0.25, 0.3) is 0 Å². The molecule has 2 unspecified atom stereocenters. The summed E-state index contributed by atoms with van der Waals surface area (Å²) in [6.07, 6.45) is 12.8. The molecule has 1 fully saturated rings. The lowest BCUT2D eigenvalue weighted by Crippen LogP contribution is -2.52. The van der Waals surface area contributed by atoms with E-state index in [2.05, 4.69) is 59.4 Å². The van der Waals surface area contributed by atoms with Crippen molar-refractivity contribution in [3.63, 3.8) is 0 Å². The van der Waals surface area contributed by atoms with Crippen molar-refractivity contribution < 1.29 is 29.2 Å². The molecule has 0 saturated carbocycles. The minimum absolute atomic E-state index is 0.122. The van der Waals surface area contributed by atoms with Crippen LogP contribution in [0.1, 0.15) is 75.1 Å². The van der Waals surface area contributed by atoms with Crippen LogP contribution in [0.4, 0.5) is 0 Å². The Labute approximate surface area is 318 Å². The van der Waals surface area contributed by atoms with Crippen molar-refractivity contribution >= 4 is 23.1 Å². The van der Waals surface area contributed by atoms with E-state index >= 15 is 0 Å². The number of aliphatic carboxylic acids is 1. The molecule has 10 nitrogen and oxygen atoms in total. The number of nitrogens with one attached hydrogen (secondary N) is 1. The molecule has 3 atom stereocenters. The first-order valence-electron chi connectivity index (χ1n) is 18.4. The SMILES string of the molecule is CCCCC(NCc1cc(Cl)c(OCC2(OCCCN3CC[C@@H](O)C3)C=CC=C(c3ccccc3)C2(C)C)cc1OCc1cncc(C#N)c1)C(=O)O. The molecule has 3 N–H and O–H groups in total. The van der Waals surface area contributed by atoms with E-state index in [0.29, 0.717) is 52.8 Å². The first-order chi connectivity index (χ1) is 25.5. The zero-order chi connectivity index (χ0) is 37.8. The number of likely N-dealkylation sites (tertiary alicyclic amines) is 1. The van der Waals surface area contributed by atoms with Crippen molar-refractivity contribution in [2.24, 2.45) is 5.41 Å². The monoisotopic (exact) mass is 742 g/mol. The van der Waals surface area contributed by atoms with E-state index in [-0.39, 0.29) is 25.9 Å². The number of aliphatic hydroxyl groups excluding tert-OH is 1. The van der Waals surface area contributed by atoms with Crippen LogP contribution in [0.15, 0.2) is 79.2 Å². The number of pyridine rings is 1. The molecule has 0 bridgehead atoms. The van der Waals surface area contributed by atoms with Crippen LogP contribution in [-0.4, -0.2) is 76.7 Å². The third-order valence-electron chi connectivity index (χ3n) is 10.2. The molecule has 1 aliphatic heterocycles. The van der Waals surface area contributed by atoms with E-state index in [0.717, 1.165) is 49.9 Å². The number of allylic oxidation sites excluding steroid dienone is 2. The minimum Gasteiger partial charge on any atom is -0.488 e. The summed E-state index contributed by atoms with van der Waals surface area (Å²) in [5.74, 6) is -0.0594. The van der Waals surface area contributed by atoms with Gasteiger partial charge in [-0.05, 0) is 48.6 Å². The molecular formula is C42H51ClN4O6. The number of carboxylic acids is 1. The van der Waals surface area contributed by atoms with Crippen molar-refractivity contribution in [1.82, 2.24) is 15.2 Å². The van der Waals surface area contributed by atoms with Gasteiger partial charge in [-0.3, -0.25) is 9.78 Å². The lowest BCUT2D eigenvalue weighted by Gasteiger charge is -2.47. The van der Waals surface area contributed by atoms with E-state index in [1.807, 2.05) is 31.2 Å². The number of halogens is 1. The van der Waals surface area contributed by atoms with Gasteiger partial charge in [0.05, 0.1) is 16.7 Å². The first-order valence-corrected chi connectivity index (χ1v) is 18.8. The van der Waals surface area contributed by atoms with Crippen molar-refractivity contribution in [3.8, 4) is 17.6 Å². The minimum atomic E-state index is -0.915. The lowest BCUT2D eigenvalue weighted by atomic mass is 9.65. The molecule has 53 heavy (non-hydrogen) atoms. The van der Waals surface area contributed by atoms with Crippen LogP contribution in [0.25, 0.3) is 5.57 Å². The van der Waals surface area contributed by atoms with Crippen LogP contribution >= 0.6 is 11.6 Å². The number of unbranched alkanes of at least 4 members (excludes halogenated alkanes) is 1. The van der Waals surface area contributed by atoms with Crippen molar-refractivity contribution in [2.75, 3.05) is 32.8 Å². The van der Waals surface area contributed by atoms with Gasteiger partial charge >= 0.3 is 5.97 Å². The number of benzene rings is 2. The molecule has 3 aromatic rings. The van der Waals surface area contributed by atoms with Gasteiger partial charge in [-0.1, -0.05) is 87.7 Å². The Balaban J connectivity index is 1.41. The summed E-state index contributed by atoms with van der Waals surface area (Å²) < 4.78 is 19.8. The number of aromatic nitrogens is 1. The van der Waals surface area contributed by atoms with E-state index in [4.69, 9.17) is 25.8 Å². The molecule has 2 aromatic carbocycles. The lowest BCUT2D eigenvalue weighted by molar-refractivity contribution is -0.139. The number of ether oxygens (including phenoxy) is 3. The number of hydrogen-bond acceptors (Lipinski definition) is 9. The third kappa shape index (κ3) is 10.3. The van der Waals surface area contributed by atoms with Crippen LogP contribution in [0, 0.1) is 16.7 Å². The average Bonchev–Trinajstić information content (AvgIpc) is 3.58. The second-order valence-corrected chi connectivity index (χ2v) is 14.7. The normalized spacial score (nSPS) is 20.1. The zero-order valence-corrected chi connectivity index (χ0v) is 31.6. The van der Waals surface area contributed by atoms with Crippen LogP contribution < -0.4 is 14.8 Å².